The molecule has 0 radical (unpaired) electrons. The van der Waals surface area contributed by atoms with Crippen molar-refractivity contribution in [2.75, 3.05) is 20.1 Å². The predicted octanol–water partition coefficient (Wildman–Crippen LogP) is 1.44. The number of likely N-dealkylation sites (tertiary alicyclic amines) is 2. The minimum Gasteiger partial charge on any atom is -0.481 e. The summed E-state index contributed by atoms with van der Waals surface area (Å²) in [4.78, 5) is 32.0. The molecule has 0 aliphatic carbocycles. The largest absolute Gasteiger partial charge is 0.481 e. The lowest BCUT2D eigenvalue weighted by Gasteiger charge is -2.45. The third kappa shape index (κ3) is 3.29. The van der Waals surface area contributed by atoms with E-state index in [2.05, 4.69) is 28.3 Å². The first-order valence-electron chi connectivity index (χ1n) is 9.04. The van der Waals surface area contributed by atoms with Crippen LogP contribution in [0.3, 0.4) is 0 Å². The summed E-state index contributed by atoms with van der Waals surface area (Å²) >= 11 is 0. The van der Waals surface area contributed by atoms with E-state index in [0.29, 0.717) is 18.8 Å². The number of carbonyl (C=O) groups is 2. The van der Waals surface area contributed by atoms with Gasteiger partial charge in [-0.25, -0.2) is 4.98 Å². The molecule has 2 aliphatic heterocycles. The minimum atomic E-state index is -0.846. The number of piperidine rings is 1. The Hall–Kier alpha value is -1.89. The van der Waals surface area contributed by atoms with Crippen LogP contribution in [-0.2, 0) is 22.7 Å². The molecule has 1 amide bonds. The summed E-state index contributed by atoms with van der Waals surface area (Å²) in [6.45, 7) is 7.74. The van der Waals surface area contributed by atoms with Crippen LogP contribution in [0.25, 0.3) is 0 Å². The highest BCUT2D eigenvalue weighted by molar-refractivity contribution is 5.88. The molecular formula is C18H28N4O3. The first-order chi connectivity index (χ1) is 11.8. The number of aromatic nitrogens is 2. The fourth-order valence-electron chi connectivity index (χ4n) is 4.35. The maximum atomic E-state index is 12.1. The van der Waals surface area contributed by atoms with E-state index in [1.165, 1.54) is 5.69 Å². The summed E-state index contributed by atoms with van der Waals surface area (Å²) in [5.41, 5.74) is 0.674. The first kappa shape index (κ1) is 17.9. The molecular weight excluding hydrogens is 320 g/mol. The quantitative estimate of drug-likeness (QED) is 0.871. The van der Waals surface area contributed by atoms with Gasteiger partial charge in [-0.05, 0) is 18.8 Å². The summed E-state index contributed by atoms with van der Waals surface area (Å²) in [7, 11) is 1.76. The zero-order valence-corrected chi connectivity index (χ0v) is 15.3. The van der Waals surface area contributed by atoms with E-state index in [9.17, 15) is 14.7 Å². The molecule has 25 heavy (non-hydrogen) atoms. The third-order valence-electron chi connectivity index (χ3n) is 5.84. The highest BCUT2D eigenvalue weighted by Crippen LogP contribution is 2.42. The van der Waals surface area contributed by atoms with Crippen LogP contribution in [0.1, 0.15) is 38.8 Å². The average molecular weight is 348 g/mol. The zero-order valence-electron chi connectivity index (χ0n) is 15.3. The van der Waals surface area contributed by atoms with Gasteiger partial charge in [-0.2, -0.15) is 0 Å². The molecule has 0 aromatic carbocycles. The molecule has 0 saturated carbocycles. The molecule has 0 bridgehead atoms. The van der Waals surface area contributed by atoms with Crippen molar-refractivity contribution in [2.24, 2.45) is 11.8 Å². The van der Waals surface area contributed by atoms with E-state index in [1.54, 1.807) is 11.9 Å². The van der Waals surface area contributed by atoms with Gasteiger partial charge in [0, 0.05) is 45.8 Å². The van der Waals surface area contributed by atoms with Crippen LogP contribution in [0.2, 0.25) is 0 Å². The molecule has 1 unspecified atom stereocenters. The van der Waals surface area contributed by atoms with Gasteiger partial charge < -0.3 is 14.6 Å². The molecule has 7 nitrogen and oxygen atoms in total. The lowest BCUT2D eigenvalue weighted by molar-refractivity contribution is -0.146. The Morgan fingerprint density at radius 2 is 2.08 bits per heavy atom. The number of carboxylic acids is 1. The molecule has 3 heterocycles. The van der Waals surface area contributed by atoms with Gasteiger partial charge in [0.1, 0.15) is 0 Å². The Morgan fingerprint density at radius 3 is 2.68 bits per heavy atom. The number of carbonyl (C=O) groups excluding carboxylic acids is 1. The first-order valence-corrected chi connectivity index (χ1v) is 9.04. The molecule has 2 aliphatic rings. The van der Waals surface area contributed by atoms with Crippen molar-refractivity contribution in [1.29, 1.82) is 0 Å². The van der Waals surface area contributed by atoms with Gasteiger partial charge in [-0.15, -0.1) is 0 Å². The molecule has 138 valence electrons. The summed E-state index contributed by atoms with van der Waals surface area (Å²) in [6.07, 6.45) is 5.35. The fourth-order valence-corrected chi connectivity index (χ4v) is 4.35. The highest BCUT2D eigenvalue weighted by Gasteiger charge is 2.55. The number of carboxylic acid groups (broad SMARTS) is 1. The minimum absolute atomic E-state index is 0.0455. The molecule has 1 atom stereocenters. The van der Waals surface area contributed by atoms with E-state index in [4.69, 9.17) is 0 Å². The number of hydrogen-bond acceptors (Lipinski definition) is 4. The Bertz CT molecular complexity index is 647. The Morgan fingerprint density at radius 1 is 1.40 bits per heavy atom. The zero-order chi connectivity index (χ0) is 18.2. The maximum Gasteiger partial charge on any atom is 0.309 e. The van der Waals surface area contributed by atoms with Gasteiger partial charge >= 0.3 is 5.97 Å². The number of amides is 1. The second-order valence-corrected chi connectivity index (χ2v) is 7.86. The smallest absolute Gasteiger partial charge is 0.309 e. The number of hydrogen-bond donors (Lipinski definition) is 1. The van der Waals surface area contributed by atoms with Crippen molar-refractivity contribution in [2.45, 2.75) is 51.7 Å². The highest BCUT2D eigenvalue weighted by atomic mass is 16.4. The van der Waals surface area contributed by atoms with E-state index >= 15 is 0 Å². The Labute approximate surface area is 148 Å². The van der Waals surface area contributed by atoms with Crippen LogP contribution in [0.5, 0.6) is 0 Å². The standard InChI is InChI=1S/C18H28N4O3/c1-13(2)10-22-12-19-9-14(22)11-21-6-4-18(5-7-21)15(17(24)25)8-16(23)20(18)3/h9,12-13,15H,4-8,10-11H2,1-3H3,(H,24,25). The second-order valence-electron chi connectivity index (χ2n) is 7.86. The predicted molar refractivity (Wildman–Crippen MR) is 92.8 cm³/mol. The van der Waals surface area contributed by atoms with Crippen LogP contribution in [0.15, 0.2) is 12.5 Å². The van der Waals surface area contributed by atoms with Crippen molar-refractivity contribution in [1.82, 2.24) is 19.4 Å². The van der Waals surface area contributed by atoms with Crippen LogP contribution >= 0.6 is 0 Å². The van der Waals surface area contributed by atoms with Crippen molar-refractivity contribution < 1.29 is 14.7 Å². The molecule has 2 fully saturated rings. The Balaban J connectivity index is 1.67. The summed E-state index contributed by atoms with van der Waals surface area (Å²) < 4.78 is 2.19. The summed E-state index contributed by atoms with van der Waals surface area (Å²) in [5, 5.41) is 9.56. The van der Waals surface area contributed by atoms with E-state index in [1.807, 2.05) is 12.5 Å². The van der Waals surface area contributed by atoms with E-state index < -0.39 is 17.4 Å². The number of imidazole rings is 1. The molecule has 2 saturated heterocycles. The lowest BCUT2D eigenvalue weighted by Crippen LogP contribution is -2.56. The topological polar surface area (TPSA) is 78.7 Å². The summed E-state index contributed by atoms with van der Waals surface area (Å²) in [6, 6.07) is 0. The van der Waals surface area contributed by atoms with Crippen LogP contribution < -0.4 is 0 Å². The normalized spacial score (nSPS) is 23.8. The molecule has 3 rings (SSSR count). The van der Waals surface area contributed by atoms with Gasteiger partial charge in [0.05, 0.1) is 23.5 Å². The molecule has 1 aromatic heterocycles. The van der Waals surface area contributed by atoms with Crippen LogP contribution in [0.4, 0.5) is 0 Å². The van der Waals surface area contributed by atoms with Crippen molar-refractivity contribution >= 4 is 11.9 Å². The average Bonchev–Trinajstić information content (AvgIpc) is 3.07. The third-order valence-corrected chi connectivity index (χ3v) is 5.84. The van der Waals surface area contributed by atoms with Gasteiger partial charge in [0.2, 0.25) is 5.91 Å². The fraction of sp³-hybridized carbons (Fsp3) is 0.722. The Kier molecular flexibility index (Phi) is 4.86. The van der Waals surface area contributed by atoms with Gasteiger partial charge in [-0.1, -0.05) is 13.8 Å². The van der Waals surface area contributed by atoms with Gasteiger partial charge in [0.25, 0.3) is 0 Å². The van der Waals surface area contributed by atoms with Crippen molar-refractivity contribution in [3.63, 3.8) is 0 Å². The van der Waals surface area contributed by atoms with Gasteiger partial charge in [0.15, 0.2) is 0 Å². The number of aliphatic carboxylic acids is 1. The molecule has 1 N–H and O–H groups in total. The van der Waals surface area contributed by atoms with Crippen molar-refractivity contribution in [3.05, 3.63) is 18.2 Å². The van der Waals surface area contributed by atoms with Crippen molar-refractivity contribution in [3.8, 4) is 0 Å². The molecule has 1 spiro atoms. The summed E-state index contributed by atoms with van der Waals surface area (Å²) in [5.74, 6) is -0.914. The van der Waals surface area contributed by atoms with E-state index in [-0.39, 0.29) is 12.3 Å². The molecule has 7 heteroatoms. The SMILES string of the molecule is CC(C)Cn1cncc1CN1CCC2(CC1)C(C(=O)O)CC(=O)N2C. The van der Waals surface area contributed by atoms with Crippen LogP contribution in [-0.4, -0.2) is 62.0 Å². The van der Waals surface area contributed by atoms with Crippen LogP contribution in [0, 0.1) is 11.8 Å². The monoisotopic (exact) mass is 348 g/mol. The number of nitrogens with zero attached hydrogens (tertiary/aromatic N) is 4. The van der Waals surface area contributed by atoms with Gasteiger partial charge in [-0.3, -0.25) is 14.5 Å². The molecule has 1 aromatic rings. The maximum absolute atomic E-state index is 12.1. The van der Waals surface area contributed by atoms with E-state index in [0.717, 1.165) is 26.2 Å². The number of rotatable bonds is 5. The lowest BCUT2D eigenvalue weighted by atomic mass is 9.77. The second kappa shape index (κ2) is 6.78.